The van der Waals surface area contributed by atoms with E-state index in [0.717, 1.165) is 37.9 Å². The monoisotopic (exact) mass is 318 g/mol. The highest BCUT2D eigenvalue weighted by Gasteiger charge is 2.22. The molecule has 2 aromatic rings. The predicted octanol–water partition coefficient (Wildman–Crippen LogP) is 3.78. The Morgan fingerprint density at radius 2 is 2.13 bits per heavy atom. The lowest BCUT2D eigenvalue weighted by Gasteiger charge is -2.18. The van der Waals surface area contributed by atoms with Crippen molar-refractivity contribution < 1.29 is 18.6 Å². The SMILES string of the molecule is CCCOc1ccc(-c2nnc(C3CCCCO3)o2)cc1OC. The smallest absolute Gasteiger partial charge is 0.248 e. The van der Waals surface area contributed by atoms with Gasteiger partial charge >= 0.3 is 0 Å². The summed E-state index contributed by atoms with van der Waals surface area (Å²) >= 11 is 0. The Hall–Kier alpha value is -2.08. The molecule has 1 aromatic carbocycles. The molecule has 1 aliphatic heterocycles. The second kappa shape index (κ2) is 7.46. The number of nitrogens with zero attached hydrogens (tertiary/aromatic N) is 2. The van der Waals surface area contributed by atoms with Gasteiger partial charge in [0.2, 0.25) is 11.8 Å². The van der Waals surface area contributed by atoms with E-state index in [4.69, 9.17) is 18.6 Å². The van der Waals surface area contributed by atoms with Gasteiger partial charge in [0.05, 0.1) is 13.7 Å². The maximum absolute atomic E-state index is 5.79. The summed E-state index contributed by atoms with van der Waals surface area (Å²) in [6.07, 6.45) is 4.00. The highest BCUT2D eigenvalue weighted by molar-refractivity contribution is 5.59. The molecule has 1 atom stereocenters. The van der Waals surface area contributed by atoms with Gasteiger partial charge in [0.15, 0.2) is 11.5 Å². The molecule has 1 unspecified atom stereocenters. The molecule has 2 heterocycles. The van der Waals surface area contributed by atoms with E-state index >= 15 is 0 Å². The molecule has 0 aliphatic carbocycles. The molecule has 1 aliphatic rings. The number of rotatable bonds is 6. The van der Waals surface area contributed by atoms with Crippen molar-refractivity contribution in [2.45, 2.75) is 38.7 Å². The van der Waals surface area contributed by atoms with Gasteiger partial charge in [-0.15, -0.1) is 10.2 Å². The van der Waals surface area contributed by atoms with Gasteiger partial charge in [-0.05, 0) is 43.9 Å². The van der Waals surface area contributed by atoms with Gasteiger partial charge in [-0.25, -0.2) is 0 Å². The summed E-state index contributed by atoms with van der Waals surface area (Å²) < 4.78 is 22.5. The second-order valence-electron chi connectivity index (χ2n) is 5.51. The summed E-state index contributed by atoms with van der Waals surface area (Å²) in [7, 11) is 1.62. The zero-order valence-corrected chi connectivity index (χ0v) is 13.6. The number of aromatic nitrogens is 2. The number of methoxy groups -OCH3 is 1. The minimum Gasteiger partial charge on any atom is -0.493 e. The van der Waals surface area contributed by atoms with E-state index < -0.39 is 0 Å². The standard InChI is InChI=1S/C17H22N2O4/c1-3-9-21-13-8-7-12(11-15(13)20-2)16-18-19-17(23-16)14-6-4-5-10-22-14/h7-8,11,14H,3-6,9-10H2,1-2H3. The molecule has 0 N–H and O–H groups in total. The summed E-state index contributed by atoms with van der Waals surface area (Å²) in [6.45, 7) is 3.47. The van der Waals surface area contributed by atoms with Crippen LogP contribution in [0.1, 0.15) is 44.6 Å². The fourth-order valence-corrected chi connectivity index (χ4v) is 2.55. The third-order valence-corrected chi connectivity index (χ3v) is 3.77. The summed E-state index contributed by atoms with van der Waals surface area (Å²) in [5.41, 5.74) is 0.806. The molecule has 0 amide bonds. The van der Waals surface area contributed by atoms with Crippen molar-refractivity contribution in [2.24, 2.45) is 0 Å². The average molecular weight is 318 g/mol. The second-order valence-corrected chi connectivity index (χ2v) is 5.51. The molecule has 1 aromatic heterocycles. The van der Waals surface area contributed by atoms with Gasteiger partial charge in [-0.2, -0.15) is 0 Å². The first kappa shape index (κ1) is 15.8. The normalized spacial score (nSPS) is 17.9. The maximum atomic E-state index is 5.79. The van der Waals surface area contributed by atoms with E-state index in [1.807, 2.05) is 18.2 Å². The van der Waals surface area contributed by atoms with Crippen LogP contribution in [0.5, 0.6) is 11.5 Å². The van der Waals surface area contributed by atoms with Crippen LogP contribution in [0.15, 0.2) is 22.6 Å². The van der Waals surface area contributed by atoms with E-state index in [0.29, 0.717) is 29.9 Å². The van der Waals surface area contributed by atoms with Gasteiger partial charge in [-0.1, -0.05) is 6.92 Å². The molecule has 6 nitrogen and oxygen atoms in total. The van der Waals surface area contributed by atoms with Crippen molar-refractivity contribution in [3.8, 4) is 23.0 Å². The van der Waals surface area contributed by atoms with Crippen LogP contribution in [0.4, 0.5) is 0 Å². The van der Waals surface area contributed by atoms with Crippen molar-refractivity contribution in [1.82, 2.24) is 10.2 Å². The van der Waals surface area contributed by atoms with E-state index in [1.165, 1.54) is 0 Å². The van der Waals surface area contributed by atoms with Crippen molar-refractivity contribution in [1.29, 1.82) is 0 Å². The third-order valence-electron chi connectivity index (χ3n) is 3.77. The lowest BCUT2D eigenvalue weighted by molar-refractivity contribution is -0.00126. The molecule has 3 rings (SSSR count). The first-order valence-electron chi connectivity index (χ1n) is 8.08. The quantitative estimate of drug-likeness (QED) is 0.807. The van der Waals surface area contributed by atoms with E-state index in [2.05, 4.69) is 17.1 Å². The van der Waals surface area contributed by atoms with Gasteiger partial charge in [0.1, 0.15) is 6.10 Å². The van der Waals surface area contributed by atoms with Gasteiger partial charge in [0.25, 0.3) is 0 Å². The molecular weight excluding hydrogens is 296 g/mol. The Kier molecular flexibility index (Phi) is 5.12. The molecule has 0 spiro atoms. The zero-order valence-electron chi connectivity index (χ0n) is 13.6. The Balaban J connectivity index is 1.79. The summed E-state index contributed by atoms with van der Waals surface area (Å²) in [6, 6.07) is 5.61. The summed E-state index contributed by atoms with van der Waals surface area (Å²) in [4.78, 5) is 0. The highest BCUT2D eigenvalue weighted by Crippen LogP contribution is 2.34. The Morgan fingerprint density at radius 1 is 1.22 bits per heavy atom. The minimum absolute atomic E-state index is 0.0842. The molecule has 124 valence electrons. The molecule has 1 saturated heterocycles. The van der Waals surface area contributed by atoms with Gasteiger partial charge < -0.3 is 18.6 Å². The van der Waals surface area contributed by atoms with Crippen molar-refractivity contribution in [3.63, 3.8) is 0 Å². The van der Waals surface area contributed by atoms with Crippen LogP contribution in [-0.2, 0) is 4.74 Å². The average Bonchev–Trinajstić information content (AvgIpc) is 3.10. The van der Waals surface area contributed by atoms with Crippen molar-refractivity contribution in [3.05, 3.63) is 24.1 Å². The lowest BCUT2D eigenvalue weighted by atomic mass is 10.1. The summed E-state index contributed by atoms with van der Waals surface area (Å²) in [5, 5.41) is 8.27. The van der Waals surface area contributed by atoms with E-state index in [9.17, 15) is 0 Å². The Labute approximate surface area is 135 Å². The Bertz CT molecular complexity index is 635. The molecular formula is C17H22N2O4. The topological polar surface area (TPSA) is 66.6 Å². The van der Waals surface area contributed by atoms with Gasteiger partial charge in [0, 0.05) is 12.2 Å². The van der Waals surface area contributed by atoms with Crippen LogP contribution < -0.4 is 9.47 Å². The molecule has 0 saturated carbocycles. The molecule has 1 fully saturated rings. The maximum Gasteiger partial charge on any atom is 0.248 e. The molecule has 0 bridgehead atoms. The molecule has 0 radical (unpaired) electrons. The first-order valence-corrected chi connectivity index (χ1v) is 8.08. The predicted molar refractivity (Wildman–Crippen MR) is 84.6 cm³/mol. The van der Waals surface area contributed by atoms with Crippen LogP contribution >= 0.6 is 0 Å². The number of hydrogen-bond acceptors (Lipinski definition) is 6. The lowest BCUT2D eigenvalue weighted by Crippen LogP contribution is -2.11. The number of ether oxygens (including phenoxy) is 3. The zero-order chi connectivity index (χ0) is 16.1. The first-order chi connectivity index (χ1) is 11.3. The highest BCUT2D eigenvalue weighted by atomic mass is 16.5. The number of hydrogen-bond donors (Lipinski definition) is 0. The van der Waals surface area contributed by atoms with E-state index in [-0.39, 0.29) is 6.10 Å². The van der Waals surface area contributed by atoms with Gasteiger partial charge in [-0.3, -0.25) is 0 Å². The number of benzene rings is 1. The van der Waals surface area contributed by atoms with E-state index in [1.54, 1.807) is 7.11 Å². The minimum atomic E-state index is -0.0842. The third kappa shape index (κ3) is 3.64. The summed E-state index contributed by atoms with van der Waals surface area (Å²) in [5.74, 6) is 2.39. The fourth-order valence-electron chi connectivity index (χ4n) is 2.55. The largest absolute Gasteiger partial charge is 0.493 e. The van der Waals surface area contributed by atoms with Crippen LogP contribution in [-0.4, -0.2) is 30.5 Å². The molecule has 23 heavy (non-hydrogen) atoms. The van der Waals surface area contributed by atoms with Crippen LogP contribution in [0.2, 0.25) is 0 Å². The van der Waals surface area contributed by atoms with Crippen LogP contribution in [0.3, 0.4) is 0 Å². The molecule has 6 heteroatoms. The van der Waals surface area contributed by atoms with Crippen LogP contribution in [0.25, 0.3) is 11.5 Å². The Morgan fingerprint density at radius 3 is 2.87 bits per heavy atom. The van der Waals surface area contributed by atoms with Crippen LogP contribution in [0, 0.1) is 0 Å². The van der Waals surface area contributed by atoms with Crippen molar-refractivity contribution in [2.75, 3.05) is 20.3 Å². The fraction of sp³-hybridized carbons (Fsp3) is 0.529. The van der Waals surface area contributed by atoms with Crippen molar-refractivity contribution >= 4 is 0 Å².